The van der Waals surface area contributed by atoms with Crippen LogP contribution in [-0.4, -0.2) is 42.6 Å². The van der Waals surface area contributed by atoms with Crippen LogP contribution in [0.25, 0.3) is 5.57 Å². The van der Waals surface area contributed by atoms with Crippen LogP contribution >= 0.6 is 0 Å². The molecule has 7 heteroatoms. The monoisotopic (exact) mass is 312 g/mol. The predicted octanol–water partition coefficient (Wildman–Crippen LogP) is 2.90. The zero-order chi connectivity index (χ0) is 16.0. The zero-order valence-electron chi connectivity index (χ0n) is 13.3. The second-order valence-electron chi connectivity index (χ2n) is 6.10. The minimum atomic E-state index is -1.15. The second-order valence-corrected chi connectivity index (χ2v) is 11.7. The van der Waals surface area contributed by atoms with Crippen LogP contribution < -0.4 is 0 Å². The number of rotatable bonds is 8. The Morgan fingerprint density at radius 3 is 2.67 bits per heavy atom. The van der Waals surface area contributed by atoms with Gasteiger partial charge in [0, 0.05) is 20.3 Å². The van der Waals surface area contributed by atoms with Crippen LogP contribution in [0.4, 0.5) is 0 Å². The first-order valence-electron chi connectivity index (χ1n) is 6.83. The average molecular weight is 312 g/mol. The summed E-state index contributed by atoms with van der Waals surface area (Å²) < 4.78 is 11.8. The fourth-order valence-corrected chi connectivity index (χ4v) is 2.40. The molecule has 0 aliphatic carbocycles. The minimum Gasteiger partial charge on any atom is -0.504 e. The van der Waals surface area contributed by atoms with Gasteiger partial charge in [0.2, 0.25) is 0 Å². The molecule has 0 spiro atoms. The molecule has 0 fully saturated rings. The lowest BCUT2D eigenvalue weighted by molar-refractivity contribution is 0.0590. The summed E-state index contributed by atoms with van der Waals surface area (Å²) in [5.41, 5.74) is 1.45. The minimum absolute atomic E-state index is 0.113. The number of methoxy groups -OCH3 is 1. The van der Waals surface area contributed by atoms with Crippen molar-refractivity contribution in [3.8, 4) is 0 Å². The first-order valence-corrected chi connectivity index (χ1v) is 10.5. The molecule has 0 bridgehead atoms. The highest BCUT2D eigenvalue weighted by Gasteiger charge is 2.16. The maximum atomic E-state index is 11.2. The molecule has 1 heterocycles. The van der Waals surface area contributed by atoms with Crippen molar-refractivity contribution in [3.05, 3.63) is 23.7 Å². The molecule has 0 aromatic carbocycles. The van der Waals surface area contributed by atoms with Gasteiger partial charge in [-0.05, 0) is 19.0 Å². The number of allylic oxidation sites excluding steroid dienone is 1. The summed E-state index contributed by atoms with van der Waals surface area (Å²) in [4.78, 5) is 11.2. The predicted molar refractivity (Wildman–Crippen MR) is 84.0 cm³/mol. The van der Waals surface area contributed by atoms with Crippen LogP contribution in [-0.2, 0) is 16.2 Å². The Morgan fingerprint density at radius 1 is 1.48 bits per heavy atom. The Labute approximate surface area is 126 Å². The Kier molecular flexibility index (Phi) is 6.16. The summed E-state index contributed by atoms with van der Waals surface area (Å²) in [6.07, 6.45) is 1.53. The van der Waals surface area contributed by atoms with E-state index < -0.39 is 14.0 Å². The molecule has 1 aromatic rings. The molecule has 0 aliphatic rings. The van der Waals surface area contributed by atoms with E-state index >= 15 is 0 Å². The van der Waals surface area contributed by atoms with Crippen molar-refractivity contribution in [3.63, 3.8) is 0 Å². The second kappa shape index (κ2) is 7.42. The summed E-state index contributed by atoms with van der Waals surface area (Å²) in [7, 11) is 0.389. The molecule has 1 rings (SSSR count). The smallest absolute Gasteiger partial charge is 0.354 e. The molecule has 0 saturated heterocycles. The summed E-state index contributed by atoms with van der Waals surface area (Å²) >= 11 is 0. The molecule has 0 radical (unpaired) electrons. The third-order valence-corrected chi connectivity index (χ3v) is 4.61. The maximum Gasteiger partial charge on any atom is 0.354 e. The number of aromatic carboxylic acids is 1. The van der Waals surface area contributed by atoms with E-state index in [1.54, 1.807) is 0 Å². The van der Waals surface area contributed by atoms with Gasteiger partial charge in [0.05, 0.1) is 19.1 Å². The van der Waals surface area contributed by atoms with Crippen LogP contribution in [0.1, 0.15) is 23.1 Å². The molecule has 0 saturated carbocycles. The van der Waals surface area contributed by atoms with Crippen molar-refractivity contribution in [1.82, 2.24) is 9.78 Å². The third-order valence-electron chi connectivity index (χ3n) is 2.91. The summed E-state index contributed by atoms with van der Waals surface area (Å²) in [5.74, 6) is -1.02. The van der Waals surface area contributed by atoms with E-state index in [-0.39, 0.29) is 12.4 Å². The molecule has 0 atom stereocenters. The van der Waals surface area contributed by atoms with E-state index in [4.69, 9.17) is 9.47 Å². The third kappa shape index (κ3) is 5.72. The van der Waals surface area contributed by atoms with Crippen molar-refractivity contribution in [2.24, 2.45) is 0 Å². The van der Waals surface area contributed by atoms with Crippen LogP contribution in [0, 0.1) is 0 Å². The highest BCUT2D eigenvalue weighted by molar-refractivity contribution is 6.76. The molecule has 21 heavy (non-hydrogen) atoms. The maximum absolute atomic E-state index is 11.2. The van der Waals surface area contributed by atoms with Crippen molar-refractivity contribution in [2.45, 2.75) is 39.3 Å². The van der Waals surface area contributed by atoms with Crippen LogP contribution in [0.3, 0.4) is 0 Å². The van der Waals surface area contributed by atoms with Crippen molar-refractivity contribution < 1.29 is 19.4 Å². The number of carboxylic acid groups (broad SMARTS) is 1. The number of hydrogen-bond donors (Lipinski definition) is 1. The normalized spacial score (nSPS) is 12.5. The Morgan fingerprint density at radius 2 is 2.14 bits per heavy atom. The standard InChI is InChI=1S/C14H24N2O4Si/c1-11(9-19-2)12-8-13(14(17)18)16(15-12)10-20-6-7-21(3,4)5/h8-9H,6-7,10H2,1-5H3,(H,17,18)/b11-9+. The fraction of sp³-hybridized carbons (Fsp3) is 0.571. The quantitative estimate of drug-likeness (QED) is 0.454. The molecule has 1 aromatic heterocycles. The van der Waals surface area contributed by atoms with E-state index in [0.717, 1.165) is 11.6 Å². The lowest BCUT2D eigenvalue weighted by Gasteiger charge is -2.15. The Hall–Kier alpha value is -1.60. The number of hydrogen-bond acceptors (Lipinski definition) is 4. The van der Waals surface area contributed by atoms with E-state index in [1.807, 2.05) is 6.92 Å². The number of aromatic nitrogens is 2. The van der Waals surface area contributed by atoms with Gasteiger partial charge in [-0.15, -0.1) is 0 Å². The van der Waals surface area contributed by atoms with Crippen molar-refractivity contribution in [2.75, 3.05) is 13.7 Å². The molecule has 0 aliphatic heterocycles. The first-order chi connectivity index (χ1) is 9.74. The summed E-state index contributed by atoms with van der Waals surface area (Å²) in [6.45, 7) is 9.38. The molecule has 0 amide bonds. The molecule has 0 unspecified atom stereocenters. The van der Waals surface area contributed by atoms with Gasteiger partial charge in [0.15, 0.2) is 0 Å². The summed E-state index contributed by atoms with van der Waals surface area (Å²) in [6, 6.07) is 2.56. The lowest BCUT2D eigenvalue weighted by Crippen LogP contribution is -2.22. The molecule has 1 N–H and O–H groups in total. The number of ether oxygens (including phenoxy) is 2. The van der Waals surface area contributed by atoms with Gasteiger partial charge in [-0.3, -0.25) is 0 Å². The van der Waals surface area contributed by atoms with Crippen molar-refractivity contribution >= 4 is 19.6 Å². The van der Waals surface area contributed by atoms with Gasteiger partial charge in [0.25, 0.3) is 0 Å². The Balaban J connectivity index is 2.76. The molecular formula is C14H24N2O4Si. The first kappa shape index (κ1) is 17.4. The van der Waals surface area contributed by atoms with Gasteiger partial charge in [0.1, 0.15) is 12.4 Å². The molecular weight excluding hydrogens is 288 g/mol. The van der Waals surface area contributed by atoms with E-state index in [9.17, 15) is 9.90 Å². The van der Waals surface area contributed by atoms with Gasteiger partial charge in [-0.25, -0.2) is 9.48 Å². The van der Waals surface area contributed by atoms with Gasteiger partial charge < -0.3 is 14.6 Å². The van der Waals surface area contributed by atoms with Crippen LogP contribution in [0.5, 0.6) is 0 Å². The fourth-order valence-electron chi connectivity index (χ4n) is 1.65. The topological polar surface area (TPSA) is 73.6 Å². The largest absolute Gasteiger partial charge is 0.504 e. The van der Waals surface area contributed by atoms with Gasteiger partial charge in [-0.2, -0.15) is 5.10 Å². The van der Waals surface area contributed by atoms with Gasteiger partial charge >= 0.3 is 5.97 Å². The van der Waals surface area contributed by atoms with Crippen molar-refractivity contribution in [1.29, 1.82) is 0 Å². The van der Waals surface area contributed by atoms with Crippen LogP contribution in [0.2, 0.25) is 25.7 Å². The molecule has 118 valence electrons. The van der Waals surface area contributed by atoms with E-state index in [0.29, 0.717) is 12.3 Å². The van der Waals surface area contributed by atoms with E-state index in [2.05, 4.69) is 24.7 Å². The number of carbonyl (C=O) groups is 1. The average Bonchev–Trinajstić information content (AvgIpc) is 2.78. The van der Waals surface area contributed by atoms with Gasteiger partial charge in [-0.1, -0.05) is 19.6 Å². The number of carboxylic acids is 1. The summed E-state index contributed by atoms with van der Waals surface area (Å²) in [5, 5.41) is 13.5. The highest BCUT2D eigenvalue weighted by atomic mass is 28.3. The van der Waals surface area contributed by atoms with Crippen LogP contribution in [0.15, 0.2) is 12.3 Å². The zero-order valence-corrected chi connectivity index (χ0v) is 14.3. The SMILES string of the molecule is CO/C=C(\C)c1cc(C(=O)O)n(COCC[Si](C)(C)C)n1. The van der Waals surface area contributed by atoms with E-state index in [1.165, 1.54) is 24.1 Å². The number of nitrogens with zero attached hydrogens (tertiary/aromatic N) is 2. The highest BCUT2D eigenvalue weighted by Crippen LogP contribution is 2.15. The molecule has 6 nitrogen and oxygen atoms in total. The Bertz CT molecular complexity index is 518. The lowest BCUT2D eigenvalue weighted by atomic mass is 10.2.